The molecule has 0 aliphatic heterocycles. The van der Waals surface area contributed by atoms with Crippen LogP contribution < -0.4 is 5.32 Å². The molecule has 1 aliphatic carbocycles. The van der Waals surface area contributed by atoms with Crippen LogP contribution in [0.1, 0.15) is 60.3 Å². The fourth-order valence-corrected chi connectivity index (χ4v) is 1.98. The molecule has 0 atom stereocenters. The predicted molar refractivity (Wildman–Crippen MR) is 76.6 cm³/mol. The molecule has 0 spiro atoms. The first-order chi connectivity index (χ1) is 8.29. The van der Waals surface area contributed by atoms with E-state index in [-0.39, 0.29) is 5.54 Å². The molecule has 1 fully saturated rings. The van der Waals surface area contributed by atoms with E-state index in [0.717, 1.165) is 19.5 Å². The normalized spacial score (nSPS) is 16.1. The van der Waals surface area contributed by atoms with Crippen molar-refractivity contribution >= 4 is 5.91 Å². The molecule has 1 amide bonds. The number of nitrogens with one attached hydrogen (secondary N) is 1. The topological polar surface area (TPSA) is 32.3 Å². The molecular weight excluding hydrogens is 224 g/mol. The van der Waals surface area contributed by atoms with Gasteiger partial charge in [0.15, 0.2) is 0 Å². The lowest BCUT2D eigenvalue weighted by molar-refractivity contribution is -0.131. The first kappa shape index (κ1) is 15.5. The van der Waals surface area contributed by atoms with Crippen LogP contribution in [0.4, 0.5) is 0 Å². The van der Waals surface area contributed by atoms with Crippen LogP contribution in [-0.2, 0) is 4.79 Å². The van der Waals surface area contributed by atoms with Gasteiger partial charge in [-0.15, -0.1) is 0 Å². The summed E-state index contributed by atoms with van der Waals surface area (Å²) in [4.78, 5) is 14.3. The molecule has 1 rings (SSSR count). The van der Waals surface area contributed by atoms with E-state index in [9.17, 15) is 4.79 Å². The maximum absolute atomic E-state index is 12.2. The average Bonchev–Trinajstić information content (AvgIpc) is 2.99. The smallest absolute Gasteiger partial charge is 0.224 e. The quantitative estimate of drug-likeness (QED) is 0.757. The zero-order chi connectivity index (χ0) is 13.8. The molecule has 1 saturated carbocycles. The minimum Gasteiger partial charge on any atom is -0.340 e. The lowest BCUT2D eigenvalue weighted by Crippen LogP contribution is -2.40. The van der Waals surface area contributed by atoms with Crippen molar-refractivity contribution in [2.45, 2.75) is 71.9 Å². The number of carbonyl (C=O) groups excluding carboxylic acids is 1. The van der Waals surface area contributed by atoms with Crippen LogP contribution in [-0.4, -0.2) is 35.5 Å². The summed E-state index contributed by atoms with van der Waals surface area (Å²) >= 11 is 0. The molecule has 106 valence electrons. The number of carbonyl (C=O) groups is 1. The Morgan fingerprint density at radius 2 is 1.94 bits per heavy atom. The van der Waals surface area contributed by atoms with Gasteiger partial charge in [0.1, 0.15) is 0 Å². The Morgan fingerprint density at radius 1 is 1.33 bits per heavy atom. The molecule has 0 saturated heterocycles. The zero-order valence-corrected chi connectivity index (χ0v) is 12.8. The van der Waals surface area contributed by atoms with Crippen molar-refractivity contribution < 1.29 is 4.79 Å². The summed E-state index contributed by atoms with van der Waals surface area (Å²) in [5.74, 6) is 1.00. The van der Waals surface area contributed by atoms with Crippen molar-refractivity contribution in [1.82, 2.24) is 10.2 Å². The summed E-state index contributed by atoms with van der Waals surface area (Å²) in [6.45, 7) is 12.6. The van der Waals surface area contributed by atoms with E-state index in [0.29, 0.717) is 24.3 Å². The number of hydrogen-bond acceptors (Lipinski definition) is 2. The molecular formula is C15H30N2O. The first-order valence-corrected chi connectivity index (χ1v) is 7.34. The fraction of sp³-hybridized carbons (Fsp3) is 0.933. The van der Waals surface area contributed by atoms with Crippen molar-refractivity contribution in [2.24, 2.45) is 5.92 Å². The molecule has 3 nitrogen and oxygen atoms in total. The highest BCUT2D eigenvalue weighted by atomic mass is 16.2. The lowest BCUT2D eigenvalue weighted by Gasteiger charge is -2.25. The highest BCUT2D eigenvalue weighted by Gasteiger charge is 2.31. The van der Waals surface area contributed by atoms with E-state index in [1.165, 1.54) is 12.8 Å². The first-order valence-electron chi connectivity index (χ1n) is 7.34. The molecule has 0 aromatic rings. The maximum atomic E-state index is 12.2. The molecule has 0 radical (unpaired) electrons. The van der Waals surface area contributed by atoms with Crippen LogP contribution in [0.5, 0.6) is 0 Å². The molecule has 0 aromatic carbocycles. The third-order valence-corrected chi connectivity index (χ3v) is 3.25. The Bertz CT molecular complexity index is 264. The van der Waals surface area contributed by atoms with Crippen LogP contribution in [0.25, 0.3) is 0 Å². The van der Waals surface area contributed by atoms with Gasteiger partial charge in [-0.05, 0) is 46.0 Å². The second kappa shape index (κ2) is 6.55. The SMILES string of the molecule is CC(C)CCN(C(=O)CCNC(C)(C)C)C1CC1. The third-order valence-electron chi connectivity index (χ3n) is 3.25. The van der Waals surface area contributed by atoms with E-state index in [1.807, 2.05) is 0 Å². The standard InChI is InChI=1S/C15H30N2O/c1-12(2)9-11-17(13-6-7-13)14(18)8-10-16-15(3,4)5/h12-13,16H,6-11H2,1-5H3. The lowest BCUT2D eigenvalue weighted by atomic mass is 10.1. The van der Waals surface area contributed by atoms with E-state index < -0.39 is 0 Å². The highest BCUT2D eigenvalue weighted by Crippen LogP contribution is 2.28. The summed E-state index contributed by atoms with van der Waals surface area (Å²) in [5.41, 5.74) is 0.0998. The van der Waals surface area contributed by atoms with Crippen LogP contribution in [0.3, 0.4) is 0 Å². The van der Waals surface area contributed by atoms with Gasteiger partial charge in [-0.2, -0.15) is 0 Å². The van der Waals surface area contributed by atoms with Crippen LogP contribution in [0, 0.1) is 5.92 Å². The van der Waals surface area contributed by atoms with Crippen molar-refractivity contribution in [1.29, 1.82) is 0 Å². The van der Waals surface area contributed by atoms with Gasteiger partial charge in [-0.1, -0.05) is 13.8 Å². The largest absolute Gasteiger partial charge is 0.340 e. The Balaban J connectivity index is 2.31. The number of amides is 1. The van der Waals surface area contributed by atoms with E-state index in [1.54, 1.807) is 0 Å². The predicted octanol–water partition coefficient (Wildman–Crippen LogP) is 2.80. The van der Waals surface area contributed by atoms with Crippen molar-refractivity contribution in [2.75, 3.05) is 13.1 Å². The Kier molecular flexibility index (Phi) is 5.64. The summed E-state index contributed by atoms with van der Waals surface area (Å²) in [6, 6.07) is 0.547. The Hall–Kier alpha value is -0.570. The van der Waals surface area contributed by atoms with Gasteiger partial charge < -0.3 is 10.2 Å². The van der Waals surface area contributed by atoms with Gasteiger partial charge in [-0.25, -0.2) is 0 Å². The average molecular weight is 254 g/mol. The summed E-state index contributed by atoms with van der Waals surface area (Å²) in [6.07, 6.45) is 4.16. The fourth-order valence-electron chi connectivity index (χ4n) is 1.98. The summed E-state index contributed by atoms with van der Waals surface area (Å²) < 4.78 is 0. The van der Waals surface area contributed by atoms with E-state index in [2.05, 4.69) is 44.8 Å². The Morgan fingerprint density at radius 3 is 2.39 bits per heavy atom. The van der Waals surface area contributed by atoms with E-state index in [4.69, 9.17) is 0 Å². The number of hydrogen-bond donors (Lipinski definition) is 1. The van der Waals surface area contributed by atoms with Crippen LogP contribution in [0.2, 0.25) is 0 Å². The molecule has 0 heterocycles. The van der Waals surface area contributed by atoms with E-state index >= 15 is 0 Å². The number of nitrogens with zero attached hydrogens (tertiary/aromatic N) is 1. The molecule has 0 bridgehead atoms. The second-order valence-electron chi connectivity index (χ2n) is 6.93. The minimum atomic E-state index is 0.0998. The van der Waals surface area contributed by atoms with Crippen molar-refractivity contribution in [3.63, 3.8) is 0 Å². The third kappa shape index (κ3) is 6.39. The minimum absolute atomic E-state index is 0.0998. The monoisotopic (exact) mass is 254 g/mol. The van der Waals surface area contributed by atoms with Gasteiger partial charge in [0.25, 0.3) is 0 Å². The zero-order valence-electron chi connectivity index (χ0n) is 12.8. The molecule has 0 unspecified atom stereocenters. The molecule has 1 N–H and O–H groups in total. The second-order valence-corrected chi connectivity index (χ2v) is 6.93. The number of rotatable bonds is 7. The van der Waals surface area contributed by atoms with Gasteiger partial charge in [0.05, 0.1) is 0 Å². The van der Waals surface area contributed by atoms with Gasteiger partial charge >= 0.3 is 0 Å². The van der Waals surface area contributed by atoms with Crippen LogP contribution in [0.15, 0.2) is 0 Å². The van der Waals surface area contributed by atoms with Gasteiger partial charge in [-0.3, -0.25) is 4.79 Å². The Labute approximate surface area is 112 Å². The summed E-state index contributed by atoms with van der Waals surface area (Å²) in [5, 5.41) is 3.38. The van der Waals surface area contributed by atoms with Gasteiger partial charge in [0, 0.05) is 31.1 Å². The van der Waals surface area contributed by atoms with Gasteiger partial charge in [0.2, 0.25) is 5.91 Å². The van der Waals surface area contributed by atoms with Crippen molar-refractivity contribution in [3.05, 3.63) is 0 Å². The summed E-state index contributed by atoms with van der Waals surface area (Å²) in [7, 11) is 0. The molecule has 0 aromatic heterocycles. The van der Waals surface area contributed by atoms with Crippen molar-refractivity contribution in [3.8, 4) is 0 Å². The maximum Gasteiger partial charge on any atom is 0.224 e. The molecule has 3 heteroatoms. The highest BCUT2D eigenvalue weighted by molar-refractivity contribution is 5.77. The molecule has 18 heavy (non-hydrogen) atoms. The molecule has 1 aliphatic rings. The van der Waals surface area contributed by atoms with Crippen LogP contribution >= 0.6 is 0 Å².